The summed E-state index contributed by atoms with van der Waals surface area (Å²) < 4.78 is 26.8. The topological polar surface area (TPSA) is 144 Å². The number of H-pyrrole nitrogens is 1. The van der Waals surface area contributed by atoms with Gasteiger partial charge in [-0.15, -0.1) is 4.80 Å². The minimum absolute atomic E-state index is 0.0489. The standard InChI is InChI=1S/C20H17ClN8O3S/c1-31-18-15(12-7-10(12)8-22)19(32-2)27-20(26-18)28-33(30)14-9-23-16-11(14)3-4-13(21)17(16)29-24-5-6-25-29/h3-6,9-10,12,23H,7H2,1-2H3,(H,26,27,28). The quantitative estimate of drug-likeness (QED) is 0.407. The molecule has 1 saturated carbocycles. The van der Waals surface area contributed by atoms with Crippen LogP contribution in [0.3, 0.4) is 0 Å². The third-order valence-corrected chi connectivity index (χ3v) is 6.74. The Labute approximate surface area is 195 Å². The van der Waals surface area contributed by atoms with Crippen molar-refractivity contribution in [2.45, 2.75) is 17.2 Å². The van der Waals surface area contributed by atoms with Crippen molar-refractivity contribution in [2.75, 3.05) is 18.9 Å². The van der Waals surface area contributed by atoms with Crippen LogP contribution >= 0.6 is 11.6 Å². The van der Waals surface area contributed by atoms with Crippen LogP contribution < -0.4 is 14.2 Å². The number of fused-ring (bicyclic) bond motifs is 1. The van der Waals surface area contributed by atoms with E-state index in [0.717, 1.165) is 0 Å². The maximum atomic E-state index is 13.2. The van der Waals surface area contributed by atoms with Crippen LogP contribution in [-0.2, 0) is 11.0 Å². The molecular weight excluding hydrogens is 468 g/mol. The minimum Gasteiger partial charge on any atom is -0.481 e. The van der Waals surface area contributed by atoms with Crippen LogP contribution in [0.4, 0.5) is 5.95 Å². The summed E-state index contributed by atoms with van der Waals surface area (Å²) in [6.07, 6.45) is 5.39. The van der Waals surface area contributed by atoms with E-state index in [0.29, 0.717) is 38.5 Å². The molecule has 168 valence electrons. The molecule has 0 radical (unpaired) electrons. The van der Waals surface area contributed by atoms with Crippen LogP contribution in [0.25, 0.3) is 16.6 Å². The van der Waals surface area contributed by atoms with Gasteiger partial charge in [0.05, 0.1) is 59.6 Å². The number of aromatic nitrogens is 6. The number of benzene rings is 1. The molecule has 3 atom stereocenters. The number of ether oxygens (including phenoxy) is 2. The highest BCUT2D eigenvalue weighted by molar-refractivity contribution is 7.86. The first kappa shape index (κ1) is 21.2. The molecule has 1 fully saturated rings. The van der Waals surface area contributed by atoms with Crippen molar-refractivity contribution in [2.24, 2.45) is 5.92 Å². The van der Waals surface area contributed by atoms with Crippen molar-refractivity contribution in [3.8, 4) is 23.5 Å². The molecule has 3 aromatic heterocycles. The fourth-order valence-electron chi connectivity index (χ4n) is 3.71. The Morgan fingerprint density at radius 2 is 1.94 bits per heavy atom. The molecule has 1 aliphatic carbocycles. The molecular formula is C20H17ClN8O3S. The van der Waals surface area contributed by atoms with Crippen LogP contribution in [0.15, 0.2) is 35.6 Å². The van der Waals surface area contributed by atoms with Gasteiger partial charge in [-0.2, -0.15) is 25.4 Å². The minimum atomic E-state index is -1.73. The zero-order valence-corrected chi connectivity index (χ0v) is 19.0. The van der Waals surface area contributed by atoms with Gasteiger partial charge in [-0.25, -0.2) is 4.21 Å². The summed E-state index contributed by atoms with van der Waals surface area (Å²) in [6, 6.07) is 5.69. The van der Waals surface area contributed by atoms with Gasteiger partial charge in [0.1, 0.15) is 5.69 Å². The van der Waals surface area contributed by atoms with E-state index in [9.17, 15) is 9.47 Å². The van der Waals surface area contributed by atoms with E-state index in [2.05, 4.69) is 35.9 Å². The van der Waals surface area contributed by atoms with Crippen molar-refractivity contribution < 1.29 is 13.7 Å². The van der Waals surface area contributed by atoms with Crippen LogP contribution in [0.5, 0.6) is 11.8 Å². The summed E-state index contributed by atoms with van der Waals surface area (Å²) in [5.41, 5.74) is 1.82. The van der Waals surface area contributed by atoms with E-state index in [-0.39, 0.29) is 29.5 Å². The van der Waals surface area contributed by atoms with Crippen molar-refractivity contribution >= 4 is 39.4 Å². The zero-order valence-electron chi connectivity index (χ0n) is 17.4. The van der Waals surface area contributed by atoms with Crippen molar-refractivity contribution in [3.63, 3.8) is 0 Å². The predicted octanol–water partition coefficient (Wildman–Crippen LogP) is 2.97. The summed E-state index contributed by atoms with van der Waals surface area (Å²) in [5.74, 6) is 0.453. The molecule has 0 saturated heterocycles. The second-order valence-electron chi connectivity index (χ2n) is 7.22. The average molecular weight is 485 g/mol. The number of aromatic amines is 1. The SMILES string of the molecule is COc1nc(NS(=O)c2c[nH]c3c(-n4nccn4)c(Cl)ccc23)nc(OC)c1C1CC1C#N. The normalized spacial score (nSPS) is 18.0. The first-order chi connectivity index (χ1) is 16.0. The third kappa shape index (κ3) is 3.65. The molecule has 3 heterocycles. The predicted molar refractivity (Wildman–Crippen MR) is 120 cm³/mol. The first-order valence-electron chi connectivity index (χ1n) is 9.80. The Bertz CT molecular complexity index is 1390. The highest BCUT2D eigenvalue weighted by atomic mass is 35.5. The molecule has 2 N–H and O–H groups in total. The Morgan fingerprint density at radius 3 is 2.55 bits per heavy atom. The lowest BCUT2D eigenvalue weighted by molar-refractivity contribution is 0.363. The van der Waals surface area contributed by atoms with Crippen molar-refractivity contribution in [3.05, 3.63) is 41.3 Å². The largest absolute Gasteiger partial charge is 0.481 e. The van der Waals surface area contributed by atoms with Crippen molar-refractivity contribution in [1.82, 2.24) is 29.9 Å². The molecule has 13 heteroatoms. The number of halogens is 1. The monoisotopic (exact) mass is 484 g/mol. The van der Waals surface area contributed by atoms with Gasteiger partial charge in [0, 0.05) is 17.5 Å². The van der Waals surface area contributed by atoms with Crippen molar-refractivity contribution in [1.29, 1.82) is 5.26 Å². The lowest BCUT2D eigenvalue weighted by Gasteiger charge is -2.13. The number of nitrogens with zero attached hydrogens (tertiary/aromatic N) is 6. The Hall–Kier alpha value is -3.69. The molecule has 0 aliphatic heterocycles. The van der Waals surface area contributed by atoms with E-state index in [4.69, 9.17) is 21.1 Å². The fraction of sp³-hybridized carbons (Fsp3) is 0.250. The Balaban J connectivity index is 1.49. The highest BCUT2D eigenvalue weighted by Gasteiger charge is 2.44. The second-order valence-corrected chi connectivity index (χ2v) is 8.81. The molecule has 0 bridgehead atoms. The Morgan fingerprint density at radius 1 is 1.24 bits per heavy atom. The molecule has 0 spiro atoms. The molecule has 1 aromatic carbocycles. The van der Waals surface area contributed by atoms with Gasteiger partial charge in [-0.3, -0.25) is 4.72 Å². The van der Waals surface area contributed by atoms with Gasteiger partial charge in [0.25, 0.3) is 0 Å². The molecule has 3 unspecified atom stereocenters. The maximum Gasteiger partial charge on any atom is 0.241 e. The van der Waals surface area contributed by atoms with Crippen LogP contribution in [0, 0.1) is 17.2 Å². The fourth-order valence-corrected chi connectivity index (χ4v) is 4.85. The lowest BCUT2D eigenvalue weighted by Crippen LogP contribution is -2.11. The van der Waals surface area contributed by atoms with E-state index >= 15 is 0 Å². The maximum absolute atomic E-state index is 13.2. The molecule has 33 heavy (non-hydrogen) atoms. The molecule has 0 amide bonds. The molecule has 1 aliphatic rings. The molecule has 4 aromatic rings. The number of hydrogen-bond acceptors (Lipinski definition) is 8. The van der Waals surface area contributed by atoms with Gasteiger partial charge >= 0.3 is 0 Å². The van der Waals surface area contributed by atoms with Crippen LogP contribution in [-0.4, -0.2) is 48.4 Å². The van der Waals surface area contributed by atoms with Crippen LogP contribution in [0.1, 0.15) is 17.9 Å². The van der Waals surface area contributed by atoms with Gasteiger partial charge in [0.2, 0.25) is 17.7 Å². The highest BCUT2D eigenvalue weighted by Crippen LogP contribution is 2.52. The number of methoxy groups -OCH3 is 2. The lowest BCUT2D eigenvalue weighted by atomic mass is 10.1. The zero-order chi connectivity index (χ0) is 23.1. The van der Waals surface area contributed by atoms with E-state index < -0.39 is 11.0 Å². The van der Waals surface area contributed by atoms with Crippen LogP contribution in [0.2, 0.25) is 5.02 Å². The van der Waals surface area contributed by atoms with Gasteiger partial charge in [0.15, 0.2) is 11.0 Å². The number of anilines is 1. The molecule has 5 rings (SSSR count). The number of nitriles is 1. The number of hydrogen-bond donors (Lipinski definition) is 2. The summed E-state index contributed by atoms with van der Waals surface area (Å²) in [5, 5.41) is 18.6. The third-order valence-electron chi connectivity index (χ3n) is 5.33. The van der Waals surface area contributed by atoms with Gasteiger partial charge in [-0.1, -0.05) is 11.6 Å². The van der Waals surface area contributed by atoms with E-state index in [1.165, 1.54) is 19.0 Å². The summed E-state index contributed by atoms with van der Waals surface area (Å²) in [4.78, 5) is 13.7. The second kappa shape index (κ2) is 8.34. The first-order valence-corrected chi connectivity index (χ1v) is 11.3. The average Bonchev–Trinajstić information content (AvgIpc) is 3.19. The molecule has 11 nitrogen and oxygen atoms in total. The summed E-state index contributed by atoms with van der Waals surface area (Å²) in [7, 11) is 1.22. The summed E-state index contributed by atoms with van der Waals surface area (Å²) >= 11 is 6.37. The van der Waals surface area contributed by atoms with Gasteiger partial charge < -0.3 is 14.5 Å². The van der Waals surface area contributed by atoms with Gasteiger partial charge in [-0.05, 0) is 18.6 Å². The van der Waals surface area contributed by atoms with E-state index in [1.807, 2.05) is 0 Å². The number of nitrogens with one attached hydrogen (secondary N) is 2. The Kier molecular flexibility index (Phi) is 5.35. The van der Waals surface area contributed by atoms with E-state index in [1.54, 1.807) is 30.7 Å². The summed E-state index contributed by atoms with van der Waals surface area (Å²) in [6.45, 7) is 0. The smallest absolute Gasteiger partial charge is 0.241 e. The number of rotatable bonds is 7.